The Kier molecular flexibility index (Phi) is 5.84. The van der Waals surface area contributed by atoms with Gasteiger partial charge in [0.25, 0.3) is 5.91 Å². The first-order valence-corrected chi connectivity index (χ1v) is 10.4. The number of carbonyl (C=O) groups excluding carboxylic acids is 2. The topological polar surface area (TPSA) is 104 Å². The molecule has 3 rings (SSSR count). The molecule has 0 fully saturated rings. The third-order valence-electron chi connectivity index (χ3n) is 3.74. The number of hydrazine groups is 1. The molecule has 1 aromatic heterocycles. The lowest BCUT2D eigenvalue weighted by molar-refractivity contribution is -0.121. The molecular formula is C18H17N3O4S2. The molecular weight excluding hydrogens is 386 g/mol. The van der Waals surface area contributed by atoms with Gasteiger partial charge in [-0.15, -0.1) is 11.3 Å². The minimum Gasteiger partial charge on any atom is -0.273 e. The summed E-state index contributed by atoms with van der Waals surface area (Å²) < 4.78 is 27.1. The summed E-state index contributed by atoms with van der Waals surface area (Å²) in [4.78, 5) is 24.1. The van der Waals surface area contributed by atoms with Crippen molar-refractivity contribution in [3.8, 4) is 0 Å². The molecule has 3 aromatic rings. The molecule has 2 amide bonds. The summed E-state index contributed by atoms with van der Waals surface area (Å²) in [5.41, 5.74) is 4.53. The first-order valence-electron chi connectivity index (χ1n) is 8.07. The molecule has 140 valence electrons. The van der Waals surface area contributed by atoms with Gasteiger partial charge in [0.05, 0.1) is 9.77 Å². The van der Waals surface area contributed by atoms with Gasteiger partial charge in [-0.3, -0.25) is 20.4 Å². The molecule has 1 heterocycles. The van der Waals surface area contributed by atoms with Crippen LogP contribution in [-0.4, -0.2) is 26.8 Å². The predicted octanol–water partition coefficient (Wildman–Crippen LogP) is 2.03. The lowest BCUT2D eigenvalue weighted by Crippen LogP contribution is -2.42. The zero-order valence-electron chi connectivity index (χ0n) is 14.1. The van der Waals surface area contributed by atoms with E-state index in [4.69, 9.17) is 0 Å². The number of thiophene rings is 1. The summed E-state index contributed by atoms with van der Waals surface area (Å²) in [5, 5.41) is 3.50. The standard InChI is InChI=1S/C18H17N3O4S2/c22-17(20-21-18(23)16-6-3-11-26-16)9-10-19-27(24,25)15-8-7-13-4-1-2-5-14(13)12-15/h1-8,11-12,19H,9-10H2,(H,20,22)(H,21,23). The fourth-order valence-corrected chi connectivity index (χ4v) is 4.06. The van der Waals surface area contributed by atoms with E-state index in [1.54, 1.807) is 29.6 Å². The van der Waals surface area contributed by atoms with Gasteiger partial charge in [0.15, 0.2) is 0 Å². The van der Waals surface area contributed by atoms with E-state index in [0.717, 1.165) is 10.8 Å². The highest BCUT2D eigenvalue weighted by Crippen LogP contribution is 2.18. The van der Waals surface area contributed by atoms with Gasteiger partial charge in [-0.25, -0.2) is 13.1 Å². The second-order valence-corrected chi connectivity index (χ2v) is 8.35. The third kappa shape index (κ3) is 4.91. The molecule has 0 saturated heterocycles. The smallest absolute Gasteiger partial charge is 0.273 e. The molecule has 27 heavy (non-hydrogen) atoms. The second kappa shape index (κ2) is 8.30. The SMILES string of the molecule is O=C(CCNS(=O)(=O)c1ccc2ccccc2c1)NNC(=O)c1cccs1. The highest BCUT2D eigenvalue weighted by atomic mass is 32.2. The van der Waals surface area contributed by atoms with Crippen molar-refractivity contribution in [2.45, 2.75) is 11.3 Å². The normalized spacial score (nSPS) is 11.3. The fourth-order valence-electron chi connectivity index (χ4n) is 2.38. The maximum Gasteiger partial charge on any atom is 0.279 e. The molecule has 0 bridgehead atoms. The van der Waals surface area contributed by atoms with Crippen LogP contribution in [0.4, 0.5) is 0 Å². The van der Waals surface area contributed by atoms with E-state index >= 15 is 0 Å². The van der Waals surface area contributed by atoms with Gasteiger partial charge in [0, 0.05) is 13.0 Å². The Morgan fingerprint density at radius 2 is 1.70 bits per heavy atom. The molecule has 0 saturated carbocycles. The number of sulfonamides is 1. The van der Waals surface area contributed by atoms with Gasteiger partial charge in [-0.2, -0.15) is 0 Å². The van der Waals surface area contributed by atoms with E-state index in [0.29, 0.717) is 4.88 Å². The Balaban J connectivity index is 1.51. The Morgan fingerprint density at radius 1 is 0.926 bits per heavy atom. The van der Waals surface area contributed by atoms with Crippen molar-refractivity contribution in [2.75, 3.05) is 6.54 Å². The van der Waals surface area contributed by atoms with Crippen LogP contribution in [0.3, 0.4) is 0 Å². The maximum absolute atomic E-state index is 12.4. The number of benzene rings is 2. The van der Waals surface area contributed by atoms with E-state index < -0.39 is 21.8 Å². The third-order valence-corrected chi connectivity index (χ3v) is 6.06. The van der Waals surface area contributed by atoms with E-state index in [1.807, 2.05) is 24.3 Å². The zero-order chi connectivity index (χ0) is 19.3. The average molecular weight is 403 g/mol. The van der Waals surface area contributed by atoms with E-state index in [1.165, 1.54) is 17.4 Å². The zero-order valence-corrected chi connectivity index (χ0v) is 15.8. The molecule has 0 radical (unpaired) electrons. The molecule has 0 spiro atoms. The fraction of sp³-hybridized carbons (Fsp3) is 0.111. The van der Waals surface area contributed by atoms with Crippen LogP contribution in [0.2, 0.25) is 0 Å². The summed E-state index contributed by atoms with van der Waals surface area (Å²) >= 11 is 1.25. The molecule has 0 aliphatic carbocycles. The van der Waals surface area contributed by atoms with Gasteiger partial charge in [-0.1, -0.05) is 36.4 Å². The quantitative estimate of drug-likeness (QED) is 0.548. The molecule has 3 N–H and O–H groups in total. The lowest BCUT2D eigenvalue weighted by Gasteiger charge is -2.09. The molecule has 0 unspecified atom stereocenters. The van der Waals surface area contributed by atoms with E-state index in [9.17, 15) is 18.0 Å². The monoisotopic (exact) mass is 403 g/mol. The van der Waals surface area contributed by atoms with Gasteiger partial charge in [0.2, 0.25) is 15.9 Å². The van der Waals surface area contributed by atoms with Crippen molar-refractivity contribution in [1.29, 1.82) is 0 Å². The summed E-state index contributed by atoms with van der Waals surface area (Å²) in [6.45, 7) is -0.0874. The van der Waals surface area contributed by atoms with Gasteiger partial charge in [-0.05, 0) is 34.4 Å². The number of hydrogen-bond acceptors (Lipinski definition) is 5. The average Bonchev–Trinajstić information content (AvgIpc) is 3.20. The van der Waals surface area contributed by atoms with Gasteiger partial charge in [0.1, 0.15) is 0 Å². The summed E-state index contributed by atoms with van der Waals surface area (Å²) in [6, 6.07) is 15.6. The molecule has 0 aliphatic heterocycles. The number of amides is 2. The van der Waals surface area contributed by atoms with E-state index in [-0.39, 0.29) is 17.9 Å². The summed E-state index contributed by atoms with van der Waals surface area (Å²) in [6.07, 6.45) is -0.114. The lowest BCUT2D eigenvalue weighted by atomic mass is 10.1. The van der Waals surface area contributed by atoms with Crippen molar-refractivity contribution in [1.82, 2.24) is 15.6 Å². The summed E-state index contributed by atoms with van der Waals surface area (Å²) in [7, 11) is -3.73. The van der Waals surface area contributed by atoms with E-state index in [2.05, 4.69) is 15.6 Å². The molecule has 2 aromatic carbocycles. The molecule has 7 nitrogen and oxygen atoms in total. The van der Waals surface area contributed by atoms with Crippen molar-refractivity contribution < 1.29 is 18.0 Å². The molecule has 9 heteroatoms. The largest absolute Gasteiger partial charge is 0.279 e. The Morgan fingerprint density at radius 3 is 2.44 bits per heavy atom. The Hall–Kier alpha value is -2.75. The number of hydrogen-bond donors (Lipinski definition) is 3. The van der Waals surface area contributed by atoms with Crippen molar-refractivity contribution >= 4 is 43.9 Å². The van der Waals surface area contributed by atoms with Crippen LogP contribution in [0, 0.1) is 0 Å². The first-order chi connectivity index (χ1) is 13.0. The van der Waals surface area contributed by atoms with Crippen LogP contribution in [0.5, 0.6) is 0 Å². The number of fused-ring (bicyclic) bond motifs is 1. The number of rotatable bonds is 6. The second-order valence-electron chi connectivity index (χ2n) is 5.64. The van der Waals surface area contributed by atoms with Crippen LogP contribution in [0.15, 0.2) is 64.9 Å². The van der Waals surface area contributed by atoms with Crippen LogP contribution in [0.1, 0.15) is 16.1 Å². The molecule has 0 atom stereocenters. The van der Waals surface area contributed by atoms with Crippen LogP contribution in [0.25, 0.3) is 10.8 Å². The van der Waals surface area contributed by atoms with Crippen LogP contribution < -0.4 is 15.6 Å². The molecule has 0 aliphatic rings. The van der Waals surface area contributed by atoms with Gasteiger partial charge < -0.3 is 0 Å². The van der Waals surface area contributed by atoms with Crippen LogP contribution >= 0.6 is 11.3 Å². The van der Waals surface area contributed by atoms with Crippen LogP contribution in [-0.2, 0) is 14.8 Å². The number of carbonyl (C=O) groups is 2. The highest BCUT2D eigenvalue weighted by molar-refractivity contribution is 7.89. The first kappa shape index (κ1) is 19.0. The maximum atomic E-state index is 12.4. The Bertz CT molecular complexity index is 1060. The minimum atomic E-state index is -3.73. The minimum absolute atomic E-state index is 0.0874. The Labute approximate surface area is 160 Å². The highest BCUT2D eigenvalue weighted by Gasteiger charge is 2.15. The van der Waals surface area contributed by atoms with Gasteiger partial charge >= 0.3 is 0 Å². The number of nitrogens with one attached hydrogen (secondary N) is 3. The van der Waals surface area contributed by atoms with Crippen molar-refractivity contribution in [2.24, 2.45) is 0 Å². The van der Waals surface area contributed by atoms with Crippen molar-refractivity contribution in [3.63, 3.8) is 0 Å². The summed E-state index contributed by atoms with van der Waals surface area (Å²) in [5.74, 6) is -0.920. The predicted molar refractivity (Wildman–Crippen MR) is 104 cm³/mol. The van der Waals surface area contributed by atoms with Crippen molar-refractivity contribution in [3.05, 3.63) is 64.9 Å².